The van der Waals surface area contributed by atoms with Gasteiger partial charge in [0, 0.05) is 24.8 Å². The lowest BCUT2D eigenvalue weighted by Crippen LogP contribution is -2.19. The number of hydrogen-bond acceptors (Lipinski definition) is 2. The van der Waals surface area contributed by atoms with Crippen LogP contribution in [0.3, 0.4) is 0 Å². The highest BCUT2D eigenvalue weighted by molar-refractivity contribution is 5.24. The summed E-state index contributed by atoms with van der Waals surface area (Å²) in [6, 6.07) is 0.252. The first-order valence-corrected chi connectivity index (χ1v) is 3.95. The highest BCUT2D eigenvalue weighted by atomic mass is 19.1. The maximum atomic E-state index is 13.1. The first-order valence-electron chi connectivity index (χ1n) is 3.95. The van der Waals surface area contributed by atoms with Gasteiger partial charge >= 0.3 is 0 Å². The topological polar surface area (TPSA) is 35.2 Å². The second-order valence-corrected chi connectivity index (χ2v) is 2.84. The number of nitrogens with two attached hydrogens (primary N) is 1. The molecule has 0 aliphatic heterocycles. The van der Waals surface area contributed by atoms with E-state index in [9.17, 15) is 13.2 Å². The molecule has 2 nitrogen and oxygen atoms in total. The average molecular weight is 205 g/mol. The Morgan fingerprint density at radius 1 is 1.29 bits per heavy atom. The Morgan fingerprint density at radius 2 is 1.79 bits per heavy atom. The van der Waals surface area contributed by atoms with Crippen LogP contribution in [0.2, 0.25) is 0 Å². The van der Waals surface area contributed by atoms with Gasteiger partial charge in [-0.05, 0) is 0 Å². The van der Waals surface area contributed by atoms with Gasteiger partial charge in [-0.15, -0.1) is 0 Å². The van der Waals surface area contributed by atoms with Crippen molar-refractivity contribution in [3.8, 4) is 0 Å². The zero-order chi connectivity index (χ0) is 10.7. The molecule has 1 aromatic rings. The van der Waals surface area contributed by atoms with Crippen molar-refractivity contribution in [2.75, 3.05) is 13.7 Å². The van der Waals surface area contributed by atoms with Crippen molar-refractivity contribution in [1.82, 2.24) is 0 Å². The van der Waals surface area contributed by atoms with Crippen LogP contribution in [0.25, 0.3) is 0 Å². The first-order chi connectivity index (χ1) is 6.56. The minimum absolute atomic E-state index is 0.0283. The summed E-state index contributed by atoms with van der Waals surface area (Å²) in [5.74, 6) is -2.95. The number of hydrogen-bond donors (Lipinski definition) is 1. The van der Waals surface area contributed by atoms with Crippen LogP contribution < -0.4 is 5.73 Å². The Kier molecular flexibility index (Phi) is 3.49. The third-order valence-corrected chi connectivity index (χ3v) is 1.76. The summed E-state index contributed by atoms with van der Waals surface area (Å²) in [6.07, 6.45) is 0. The van der Waals surface area contributed by atoms with Crippen molar-refractivity contribution in [2.24, 2.45) is 5.73 Å². The fourth-order valence-corrected chi connectivity index (χ4v) is 1.17. The molecule has 0 aromatic heterocycles. The number of methoxy groups -OCH3 is 1. The predicted octanol–water partition coefficient (Wildman–Crippen LogP) is 1.75. The molecule has 0 saturated heterocycles. The molecule has 0 amide bonds. The largest absolute Gasteiger partial charge is 0.383 e. The van der Waals surface area contributed by atoms with Crippen LogP contribution in [0, 0.1) is 17.5 Å². The van der Waals surface area contributed by atoms with E-state index in [2.05, 4.69) is 4.74 Å². The molecule has 0 aliphatic rings. The summed E-state index contributed by atoms with van der Waals surface area (Å²) >= 11 is 0. The Morgan fingerprint density at radius 3 is 2.21 bits per heavy atom. The van der Waals surface area contributed by atoms with Gasteiger partial charge in [0.25, 0.3) is 0 Å². The van der Waals surface area contributed by atoms with Crippen LogP contribution in [0.15, 0.2) is 12.1 Å². The monoisotopic (exact) mass is 205 g/mol. The molecule has 5 heteroatoms. The molecule has 2 N–H and O–H groups in total. The van der Waals surface area contributed by atoms with Gasteiger partial charge in [-0.1, -0.05) is 0 Å². The molecular formula is C9H10F3NO. The number of ether oxygens (including phenoxy) is 1. The zero-order valence-corrected chi connectivity index (χ0v) is 7.56. The first kappa shape index (κ1) is 11.0. The van der Waals surface area contributed by atoms with E-state index in [0.29, 0.717) is 12.1 Å². The molecule has 0 aliphatic carbocycles. The minimum Gasteiger partial charge on any atom is -0.383 e. The highest BCUT2D eigenvalue weighted by Gasteiger charge is 2.17. The van der Waals surface area contributed by atoms with E-state index in [4.69, 9.17) is 5.73 Å². The average Bonchev–Trinajstić information content (AvgIpc) is 2.01. The van der Waals surface area contributed by atoms with E-state index >= 15 is 0 Å². The maximum absolute atomic E-state index is 13.1. The van der Waals surface area contributed by atoms with Crippen LogP contribution >= 0.6 is 0 Å². The van der Waals surface area contributed by atoms with Gasteiger partial charge < -0.3 is 10.5 Å². The predicted molar refractivity (Wildman–Crippen MR) is 45.1 cm³/mol. The fourth-order valence-electron chi connectivity index (χ4n) is 1.17. The molecule has 78 valence electrons. The van der Waals surface area contributed by atoms with Crippen LogP contribution in [0.4, 0.5) is 13.2 Å². The lowest BCUT2D eigenvalue weighted by atomic mass is 10.1. The van der Waals surface area contributed by atoms with Crippen molar-refractivity contribution >= 4 is 0 Å². The number of halogens is 3. The lowest BCUT2D eigenvalue weighted by Gasteiger charge is -2.12. The highest BCUT2D eigenvalue weighted by Crippen LogP contribution is 2.20. The molecule has 0 fully saturated rings. The number of benzene rings is 1. The Labute approximate surface area is 79.5 Å². The van der Waals surface area contributed by atoms with E-state index in [1.54, 1.807) is 0 Å². The second kappa shape index (κ2) is 4.43. The minimum atomic E-state index is -0.993. The summed E-state index contributed by atoms with van der Waals surface area (Å²) in [5, 5.41) is 0. The van der Waals surface area contributed by atoms with Crippen molar-refractivity contribution in [3.05, 3.63) is 35.1 Å². The molecular weight excluding hydrogens is 195 g/mol. The van der Waals surface area contributed by atoms with Crippen LogP contribution in [-0.4, -0.2) is 13.7 Å². The Bertz CT molecular complexity index is 307. The number of rotatable bonds is 3. The van der Waals surface area contributed by atoms with Crippen molar-refractivity contribution < 1.29 is 17.9 Å². The van der Waals surface area contributed by atoms with Gasteiger partial charge in [0.2, 0.25) is 0 Å². The van der Waals surface area contributed by atoms with E-state index in [-0.39, 0.29) is 12.2 Å². The third kappa shape index (κ3) is 2.24. The molecule has 1 aromatic carbocycles. The van der Waals surface area contributed by atoms with Crippen molar-refractivity contribution in [2.45, 2.75) is 6.04 Å². The van der Waals surface area contributed by atoms with Gasteiger partial charge in [-0.25, -0.2) is 13.2 Å². The van der Waals surface area contributed by atoms with Crippen molar-refractivity contribution in [3.63, 3.8) is 0 Å². The molecule has 0 saturated carbocycles. The summed E-state index contributed by atoms with van der Waals surface area (Å²) in [6.45, 7) is -0.0283. The second-order valence-electron chi connectivity index (χ2n) is 2.84. The van der Waals surface area contributed by atoms with Gasteiger partial charge in [-0.2, -0.15) is 0 Å². The van der Waals surface area contributed by atoms with E-state index < -0.39 is 23.5 Å². The summed E-state index contributed by atoms with van der Waals surface area (Å²) in [5.41, 5.74) is 5.08. The smallest absolute Gasteiger partial charge is 0.133 e. The third-order valence-electron chi connectivity index (χ3n) is 1.76. The normalized spacial score (nSPS) is 12.9. The van der Waals surface area contributed by atoms with Crippen LogP contribution in [0.5, 0.6) is 0 Å². The molecule has 1 atom stereocenters. The van der Waals surface area contributed by atoms with Crippen LogP contribution in [-0.2, 0) is 4.74 Å². The van der Waals surface area contributed by atoms with E-state index in [1.807, 2.05) is 0 Å². The summed E-state index contributed by atoms with van der Waals surface area (Å²) in [7, 11) is 1.36. The van der Waals surface area contributed by atoms with Gasteiger partial charge in [-0.3, -0.25) is 0 Å². The molecule has 0 radical (unpaired) electrons. The van der Waals surface area contributed by atoms with Gasteiger partial charge in [0.1, 0.15) is 17.5 Å². The SMILES string of the molecule is COC[C@@H](N)c1c(F)cc(F)cc1F. The molecule has 0 unspecified atom stereocenters. The Balaban J connectivity index is 3.07. The van der Waals surface area contributed by atoms with E-state index in [0.717, 1.165) is 0 Å². The fraction of sp³-hybridized carbons (Fsp3) is 0.333. The van der Waals surface area contributed by atoms with Gasteiger partial charge in [0.05, 0.1) is 12.6 Å². The van der Waals surface area contributed by atoms with E-state index in [1.165, 1.54) is 7.11 Å². The molecule has 0 heterocycles. The Hall–Kier alpha value is -1.07. The summed E-state index contributed by atoms with van der Waals surface area (Å²) in [4.78, 5) is 0. The molecule has 0 spiro atoms. The molecule has 1 rings (SSSR count). The standard InChI is InChI=1S/C9H10F3NO/c1-14-4-8(13)9-6(11)2-5(10)3-7(9)12/h2-3,8H,4,13H2,1H3/t8-/m1/s1. The zero-order valence-electron chi connectivity index (χ0n) is 7.56. The van der Waals surface area contributed by atoms with Crippen molar-refractivity contribution in [1.29, 1.82) is 0 Å². The summed E-state index contributed by atoms with van der Waals surface area (Å²) < 4.78 is 43.3. The lowest BCUT2D eigenvalue weighted by molar-refractivity contribution is 0.178. The quantitative estimate of drug-likeness (QED) is 0.815. The molecule has 14 heavy (non-hydrogen) atoms. The molecule has 0 bridgehead atoms. The van der Waals surface area contributed by atoms with Crippen LogP contribution in [0.1, 0.15) is 11.6 Å². The van der Waals surface area contributed by atoms with Gasteiger partial charge in [0.15, 0.2) is 0 Å². The maximum Gasteiger partial charge on any atom is 0.133 e.